The highest BCUT2D eigenvalue weighted by Gasteiger charge is 2.38. The van der Waals surface area contributed by atoms with Crippen molar-refractivity contribution in [2.45, 2.75) is 52.6 Å². The third kappa shape index (κ3) is 4.55. The van der Waals surface area contributed by atoms with Gasteiger partial charge in [-0.1, -0.05) is 57.5 Å². The maximum absolute atomic E-state index is 3.77. The molecule has 2 atom stereocenters. The van der Waals surface area contributed by atoms with Crippen LogP contribution < -0.4 is 5.32 Å². The van der Waals surface area contributed by atoms with E-state index >= 15 is 0 Å². The number of hydrogen-bond acceptors (Lipinski definition) is 2. The lowest BCUT2D eigenvalue weighted by molar-refractivity contribution is 0.0848. The molecule has 1 fully saturated rings. The second-order valence-corrected chi connectivity index (χ2v) is 7.36. The monoisotopic (exact) mass is 288 g/mol. The van der Waals surface area contributed by atoms with Gasteiger partial charge in [0, 0.05) is 19.1 Å². The Hall–Kier alpha value is -0.860. The van der Waals surface area contributed by atoms with Crippen molar-refractivity contribution in [3.05, 3.63) is 35.9 Å². The fraction of sp³-hybridized carbons (Fsp3) is 0.684. The zero-order chi connectivity index (χ0) is 15.3. The van der Waals surface area contributed by atoms with Crippen LogP contribution >= 0.6 is 0 Å². The third-order valence-electron chi connectivity index (χ3n) is 4.97. The van der Waals surface area contributed by atoms with Gasteiger partial charge < -0.3 is 10.2 Å². The Morgan fingerprint density at radius 1 is 1.24 bits per heavy atom. The van der Waals surface area contributed by atoms with E-state index in [4.69, 9.17) is 0 Å². The predicted octanol–water partition coefficient (Wildman–Crippen LogP) is 3.92. The second-order valence-electron chi connectivity index (χ2n) is 7.36. The molecule has 1 saturated carbocycles. The molecule has 0 heterocycles. The molecule has 0 amide bonds. The van der Waals surface area contributed by atoms with Crippen LogP contribution in [0.1, 0.15) is 45.6 Å². The van der Waals surface area contributed by atoms with E-state index < -0.39 is 0 Å². The van der Waals surface area contributed by atoms with Gasteiger partial charge in [0.2, 0.25) is 0 Å². The van der Waals surface area contributed by atoms with E-state index in [9.17, 15) is 0 Å². The highest BCUT2D eigenvalue weighted by atomic mass is 15.1. The summed E-state index contributed by atoms with van der Waals surface area (Å²) in [4.78, 5) is 2.49. The molecule has 2 heteroatoms. The minimum atomic E-state index is 0.423. The van der Waals surface area contributed by atoms with Gasteiger partial charge in [-0.3, -0.25) is 0 Å². The van der Waals surface area contributed by atoms with Gasteiger partial charge in [0.15, 0.2) is 0 Å². The number of rotatable bonds is 6. The summed E-state index contributed by atoms with van der Waals surface area (Å²) in [6, 6.07) is 11.5. The lowest BCUT2D eigenvalue weighted by Crippen LogP contribution is -2.52. The van der Waals surface area contributed by atoms with Gasteiger partial charge in [-0.25, -0.2) is 0 Å². The summed E-state index contributed by atoms with van der Waals surface area (Å²) in [5.74, 6) is 0.766. The van der Waals surface area contributed by atoms with E-state index in [0.29, 0.717) is 11.5 Å². The summed E-state index contributed by atoms with van der Waals surface area (Å²) in [6.45, 7) is 10.4. The minimum absolute atomic E-state index is 0.423. The van der Waals surface area contributed by atoms with E-state index in [2.05, 4.69) is 68.4 Å². The topological polar surface area (TPSA) is 15.3 Å². The van der Waals surface area contributed by atoms with Crippen molar-refractivity contribution in [2.24, 2.45) is 11.3 Å². The molecule has 2 unspecified atom stereocenters. The maximum atomic E-state index is 3.77. The quantitative estimate of drug-likeness (QED) is 0.853. The summed E-state index contributed by atoms with van der Waals surface area (Å²) in [7, 11) is 2.26. The standard InChI is InChI=1S/C19H32N2/c1-5-20-18-17(12-9-13-19(18,2)3)15-21(4)14-16-10-7-6-8-11-16/h6-8,10-11,17-18,20H,5,9,12-15H2,1-4H3. The molecule has 1 aromatic rings. The summed E-state index contributed by atoms with van der Waals surface area (Å²) in [5.41, 5.74) is 1.84. The average Bonchev–Trinajstić information content (AvgIpc) is 2.43. The van der Waals surface area contributed by atoms with Crippen LogP contribution in [-0.4, -0.2) is 31.1 Å². The first-order chi connectivity index (χ1) is 10.0. The first-order valence-electron chi connectivity index (χ1n) is 8.49. The minimum Gasteiger partial charge on any atom is -0.313 e. The highest BCUT2D eigenvalue weighted by molar-refractivity contribution is 5.14. The Morgan fingerprint density at radius 3 is 2.62 bits per heavy atom. The molecule has 2 rings (SSSR count). The number of benzene rings is 1. The van der Waals surface area contributed by atoms with Gasteiger partial charge in [-0.2, -0.15) is 0 Å². The number of nitrogens with zero attached hydrogens (tertiary/aromatic N) is 1. The number of nitrogens with one attached hydrogen (secondary N) is 1. The Morgan fingerprint density at radius 2 is 1.95 bits per heavy atom. The van der Waals surface area contributed by atoms with Crippen molar-refractivity contribution in [3.8, 4) is 0 Å². The Bertz CT molecular complexity index is 413. The average molecular weight is 288 g/mol. The Balaban J connectivity index is 1.96. The van der Waals surface area contributed by atoms with Crippen molar-refractivity contribution < 1.29 is 0 Å². The van der Waals surface area contributed by atoms with Crippen molar-refractivity contribution in [1.29, 1.82) is 0 Å². The summed E-state index contributed by atoms with van der Waals surface area (Å²) < 4.78 is 0. The van der Waals surface area contributed by atoms with Crippen LogP contribution in [0.3, 0.4) is 0 Å². The molecule has 118 valence electrons. The van der Waals surface area contributed by atoms with Gasteiger partial charge in [-0.15, -0.1) is 0 Å². The molecular weight excluding hydrogens is 256 g/mol. The van der Waals surface area contributed by atoms with Gasteiger partial charge in [-0.05, 0) is 43.3 Å². The second kappa shape index (κ2) is 7.42. The molecule has 1 N–H and O–H groups in total. The summed E-state index contributed by atoms with van der Waals surface area (Å²) in [5, 5.41) is 3.77. The molecule has 0 aromatic heterocycles. The molecule has 2 nitrogen and oxygen atoms in total. The third-order valence-corrected chi connectivity index (χ3v) is 4.97. The van der Waals surface area contributed by atoms with Crippen molar-refractivity contribution in [3.63, 3.8) is 0 Å². The number of hydrogen-bond donors (Lipinski definition) is 1. The van der Waals surface area contributed by atoms with E-state index in [1.165, 1.54) is 31.4 Å². The van der Waals surface area contributed by atoms with Crippen LogP contribution in [0.15, 0.2) is 30.3 Å². The largest absolute Gasteiger partial charge is 0.313 e. The van der Waals surface area contributed by atoms with Gasteiger partial charge in [0.25, 0.3) is 0 Å². The highest BCUT2D eigenvalue weighted by Crippen LogP contribution is 2.39. The van der Waals surface area contributed by atoms with Crippen LogP contribution in [0.5, 0.6) is 0 Å². The lowest BCUT2D eigenvalue weighted by Gasteiger charge is -2.45. The van der Waals surface area contributed by atoms with E-state index in [-0.39, 0.29) is 0 Å². The van der Waals surface area contributed by atoms with Crippen LogP contribution in [0.4, 0.5) is 0 Å². The van der Waals surface area contributed by atoms with Crippen LogP contribution in [0.2, 0.25) is 0 Å². The van der Waals surface area contributed by atoms with Gasteiger partial charge in [0.05, 0.1) is 0 Å². The van der Waals surface area contributed by atoms with Crippen LogP contribution in [-0.2, 0) is 6.54 Å². The smallest absolute Gasteiger partial charge is 0.0230 e. The molecule has 1 aliphatic rings. The van der Waals surface area contributed by atoms with Gasteiger partial charge >= 0.3 is 0 Å². The predicted molar refractivity (Wildman–Crippen MR) is 91.4 cm³/mol. The molecule has 1 aliphatic carbocycles. The van der Waals surface area contributed by atoms with E-state index in [0.717, 1.165) is 19.0 Å². The van der Waals surface area contributed by atoms with Gasteiger partial charge in [0.1, 0.15) is 0 Å². The maximum Gasteiger partial charge on any atom is 0.0230 e. The van der Waals surface area contributed by atoms with Crippen LogP contribution in [0.25, 0.3) is 0 Å². The summed E-state index contributed by atoms with van der Waals surface area (Å²) >= 11 is 0. The molecule has 21 heavy (non-hydrogen) atoms. The van der Waals surface area contributed by atoms with Crippen molar-refractivity contribution in [2.75, 3.05) is 20.1 Å². The van der Waals surface area contributed by atoms with Crippen LogP contribution in [0, 0.1) is 11.3 Å². The summed E-state index contributed by atoms with van der Waals surface area (Å²) in [6.07, 6.45) is 4.09. The fourth-order valence-electron chi connectivity index (χ4n) is 4.00. The molecular formula is C19H32N2. The Labute approximate surface area is 130 Å². The molecule has 1 aromatic carbocycles. The molecule has 0 bridgehead atoms. The van der Waals surface area contributed by atoms with E-state index in [1.54, 1.807) is 0 Å². The van der Waals surface area contributed by atoms with E-state index in [1.807, 2.05) is 0 Å². The molecule has 0 radical (unpaired) electrons. The first kappa shape index (κ1) is 16.5. The van der Waals surface area contributed by atoms with Crippen molar-refractivity contribution in [1.82, 2.24) is 10.2 Å². The Kier molecular flexibility index (Phi) is 5.83. The molecule has 0 saturated heterocycles. The normalized spacial score (nSPS) is 25.2. The zero-order valence-corrected chi connectivity index (χ0v) is 14.2. The lowest BCUT2D eigenvalue weighted by atomic mass is 9.67. The zero-order valence-electron chi connectivity index (χ0n) is 14.2. The molecule has 0 aliphatic heterocycles. The SMILES string of the molecule is CCNC1C(CN(C)Cc2ccccc2)CCCC1(C)C. The molecule has 0 spiro atoms. The van der Waals surface area contributed by atoms with Crippen molar-refractivity contribution >= 4 is 0 Å². The fourth-order valence-corrected chi connectivity index (χ4v) is 4.00. The first-order valence-corrected chi connectivity index (χ1v) is 8.49.